The second-order valence-electron chi connectivity index (χ2n) is 8.64. The number of carboxylic acids is 1. The first-order chi connectivity index (χ1) is 16.6. The fraction of sp³-hybridized carbons (Fsp3) is 0.320. The van der Waals surface area contributed by atoms with Crippen molar-refractivity contribution in [3.05, 3.63) is 70.6 Å². The number of alkyl carbamates (subject to hydrolysis) is 1. The van der Waals surface area contributed by atoms with Gasteiger partial charge in [-0.1, -0.05) is 62.4 Å². The first kappa shape index (κ1) is 26.0. The Hall–Kier alpha value is -3.66. The highest BCUT2D eigenvalue weighted by Crippen LogP contribution is 2.32. The van der Waals surface area contributed by atoms with E-state index in [2.05, 4.69) is 10.6 Å². The van der Waals surface area contributed by atoms with Crippen LogP contribution in [0.4, 0.5) is 4.79 Å². The van der Waals surface area contributed by atoms with Gasteiger partial charge in [0.1, 0.15) is 18.7 Å². The summed E-state index contributed by atoms with van der Waals surface area (Å²) in [6, 6.07) is 13.1. The Bertz CT molecular complexity index is 1220. The summed E-state index contributed by atoms with van der Waals surface area (Å²) in [7, 11) is -3.75. The summed E-state index contributed by atoms with van der Waals surface area (Å²) in [4.78, 5) is 37.1. The van der Waals surface area contributed by atoms with Gasteiger partial charge >= 0.3 is 12.1 Å². The zero-order valence-corrected chi connectivity index (χ0v) is 20.2. The average molecular weight is 501 g/mol. The normalized spacial score (nSPS) is 15.5. The number of nitrogens with one attached hydrogen (secondary N) is 2. The van der Waals surface area contributed by atoms with Crippen molar-refractivity contribution in [1.29, 1.82) is 0 Å². The third-order valence-electron chi connectivity index (χ3n) is 5.43. The van der Waals surface area contributed by atoms with Crippen LogP contribution in [0.1, 0.15) is 31.4 Å². The van der Waals surface area contributed by atoms with Gasteiger partial charge in [-0.2, -0.15) is 0 Å². The van der Waals surface area contributed by atoms with E-state index in [4.69, 9.17) is 4.74 Å². The summed E-state index contributed by atoms with van der Waals surface area (Å²) < 4.78 is 30.3. The Morgan fingerprint density at radius 3 is 2.23 bits per heavy atom. The minimum Gasteiger partial charge on any atom is -0.480 e. The number of aliphatic carboxylic acids is 1. The molecular weight excluding hydrogens is 472 g/mol. The number of amides is 2. The predicted molar refractivity (Wildman–Crippen MR) is 129 cm³/mol. The van der Waals surface area contributed by atoms with Gasteiger partial charge in [0.15, 0.2) is 0 Å². The molecule has 0 saturated carbocycles. The quantitative estimate of drug-likeness (QED) is 0.456. The summed E-state index contributed by atoms with van der Waals surface area (Å²) in [5.74, 6) is -1.87. The summed E-state index contributed by atoms with van der Waals surface area (Å²) >= 11 is 0. The van der Waals surface area contributed by atoms with Crippen molar-refractivity contribution in [1.82, 2.24) is 10.6 Å². The van der Waals surface area contributed by atoms with Crippen LogP contribution in [0.25, 0.3) is 6.08 Å². The Morgan fingerprint density at radius 1 is 0.943 bits per heavy atom. The molecule has 186 valence electrons. The van der Waals surface area contributed by atoms with Gasteiger partial charge in [-0.05, 0) is 35.6 Å². The number of ether oxygens (including phenoxy) is 1. The molecule has 2 aromatic rings. The van der Waals surface area contributed by atoms with E-state index < -0.39 is 46.5 Å². The number of fused-ring (bicyclic) bond motifs is 1. The van der Waals surface area contributed by atoms with Crippen molar-refractivity contribution in [2.75, 3.05) is 6.61 Å². The second kappa shape index (κ2) is 11.2. The summed E-state index contributed by atoms with van der Waals surface area (Å²) in [5, 5.41) is 14.5. The number of carboxylic acid groups (broad SMARTS) is 1. The largest absolute Gasteiger partial charge is 0.480 e. The van der Waals surface area contributed by atoms with Crippen LogP contribution < -0.4 is 10.6 Å². The number of hydrogen-bond donors (Lipinski definition) is 3. The maximum absolute atomic E-state index is 12.9. The summed E-state index contributed by atoms with van der Waals surface area (Å²) in [6.45, 7) is 3.20. The predicted octanol–water partition coefficient (Wildman–Crippen LogP) is 2.77. The molecule has 1 aliphatic rings. The van der Waals surface area contributed by atoms with Crippen molar-refractivity contribution in [2.45, 2.75) is 43.7 Å². The molecular formula is C25H28N2O7S. The van der Waals surface area contributed by atoms with E-state index >= 15 is 0 Å². The minimum absolute atomic E-state index is 0.00383. The number of carbonyl (C=O) groups is 3. The van der Waals surface area contributed by atoms with Crippen LogP contribution in [0, 0.1) is 5.92 Å². The lowest BCUT2D eigenvalue weighted by molar-refractivity contribution is -0.142. The highest BCUT2D eigenvalue weighted by atomic mass is 32.2. The number of sulfone groups is 1. The van der Waals surface area contributed by atoms with Gasteiger partial charge in [0.05, 0.1) is 9.80 Å². The van der Waals surface area contributed by atoms with Crippen LogP contribution in [0.3, 0.4) is 0 Å². The van der Waals surface area contributed by atoms with E-state index in [1.165, 1.54) is 12.1 Å². The summed E-state index contributed by atoms with van der Waals surface area (Å²) in [6.07, 6.45) is 0.767. The van der Waals surface area contributed by atoms with Gasteiger partial charge in [-0.15, -0.1) is 0 Å². The average Bonchev–Trinajstić information content (AvgIpc) is 3.07. The maximum atomic E-state index is 12.9. The third kappa shape index (κ3) is 6.69. The number of carbonyl (C=O) groups excluding carboxylic acids is 2. The van der Waals surface area contributed by atoms with Gasteiger partial charge in [0.2, 0.25) is 15.7 Å². The number of rotatable bonds is 10. The Morgan fingerprint density at radius 2 is 1.60 bits per heavy atom. The van der Waals surface area contributed by atoms with Gasteiger partial charge in [-0.3, -0.25) is 4.79 Å². The fourth-order valence-electron chi connectivity index (χ4n) is 3.70. The van der Waals surface area contributed by atoms with E-state index in [9.17, 15) is 27.9 Å². The molecule has 2 amide bonds. The molecule has 0 unspecified atom stereocenters. The topological polar surface area (TPSA) is 139 Å². The molecule has 2 atom stereocenters. The maximum Gasteiger partial charge on any atom is 0.408 e. The van der Waals surface area contributed by atoms with Crippen molar-refractivity contribution in [2.24, 2.45) is 5.92 Å². The van der Waals surface area contributed by atoms with E-state index in [0.29, 0.717) is 5.56 Å². The lowest BCUT2D eigenvalue weighted by Gasteiger charge is -2.22. The molecule has 3 N–H and O–H groups in total. The molecule has 0 saturated heterocycles. The van der Waals surface area contributed by atoms with Crippen molar-refractivity contribution in [3.8, 4) is 0 Å². The van der Waals surface area contributed by atoms with Crippen molar-refractivity contribution >= 4 is 33.9 Å². The van der Waals surface area contributed by atoms with Crippen LogP contribution in [0.15, 0.2) is 64.4 Å². The first-order valence-corrected chi connectivity index (χ1v) is 12.6. The molecule has 0 aliphatic carbocycles. The molecule has 3 rings (SSSR count). The molecule has 0 bridgehead atoms. The minimum atomic E-state index is -3.75. The van der Waals surface area contributed by atoms with Gasteiger partial charge < -0.3 is 20.5 Å². The van der Waals surface area contributed by atoms with Gasteiger partial charge in [0.25, 0.3) is 0 Å². The summed E-state index contributed by atoms with van der Waals surface area (Å²) in [5.41, 5.74) is 1.25. The third-order valence-corrected chi connectivity index (χ3v) is 7.31. The fourth-order valence-corrected chi connectivity index (χ4v) is 5.18. The molecule has 9 nitrogen and oxygen atoms in total. The SMILES string of the molecule is CC(C)C[C@H](NC(=O)OCC1=Cc2ccccc2S1(=O)=O)C(=O)N[C@@H](Cc1ccccc1)C(=O)O. The number of benzene rings is 2. The van der Waals surface area contributed by atoms with E-state index in [-0.39, 0.29) is 28.6 Å². The molecule has 35 heavy (non-hydrogen) atoms. The second-order valence-corrected chi connectivity index (χ2v) is 10.6. The zero-order valence-electron chi connectivity index (χ0n) is 19.4. The standard InChI is InChI=1S/C25H28N2O7S/c1-16(2)12-20(23(28)26-21(24(29)30)13-17-8-4-3-5-9-17)27-25(31)34-15-19-14-18-10-6-7-11-22(18)35(19,32)33/h3-11,14,16,20-21H,12-13,15H2,1-2H3,(H,26,28)(H,27,31)(H,29,30)/t20-,21-/m0/s1. The monoisotopic (exact) mass is 500 g/mol. The van der Waals surface area contributed by atoms with Crippen LogP contribution in [-0.2, 0) is 30.6 Å². The van der Waals surface area contributed by atoms with Gasteiger partial charge in [0, 0.05) is 6.42 Å². The van der Waals surface area contributed by atoms with Gasteiger partial charge in [-0.25, -0.2) is 18.0 Å². The Kier molecular flexibility index (Phi) is 8.29. The van der Waals surface area contributed by atoms with E-state index in [1.807, 2.05) is 13.8 Å². The Balaban J connectivity index is 1.63. The highest BCUT2D eigenvalue weighted by Gasteiger charge is 2.31. The number of hydrogen-bond acceptors (Lipinski definition) is 6. The van der Waals surface area contributed by atoms with Crippen LogP contribution in [0.5, 0.6) is 0 Å². The Labute approximate surface area is 204 Å². The lowest BCUT2D eigenvalue weighted by atomic mass is 10.0. The van der Waals surface area contributed by atoms with Crippen LogP contribution in [-0.4, -0.2) is 50.2 Å². The van der Waals surface area contributed by atoms with Crippen LogP contribution >= 0.6 is 0 Å². The van der Waals surface area contributed by atoms with Crippen LogP contribution in [0.2, 0.25) is 0 Å². The highest BCUT2D eigenvalue weighted by molar-refractivity contribution is 7.95. The lowest BCUT2D eigenvalue weighted by Crippen LogP contribution is -2.52. The molecule has 1 heterocycles. The van der Waals surface area contributed by atoms with E-state index in [0.717, 1.165) is 5.56 Å². The molecule has 2 aromatic carbocycles. The molecule has 0 fully saturated rings. The van der Waals surface area contributed by atoms with E-state index in [1.54, 1.807) is 48.5 Å². The molecule has 0 spiro atoms. The smallest absolute Gasteiger partial charge is 0.408 e. The van der Waals surface area contributed by atoms with Crippen molar-refractivity contribution < 1.29 is 32.6 Å². The molecule has 10 heteroatoms. The van der Waals surface area contributed by atoms with Crippen molar-refractivity contribution in [3.63, 3.8) is 0 Å². The zero-order chi connectivity index (χ0) is 25.6. The molecule has 0 aromatic heterocycles. The molecule has 0 radical (unpaired) electrons. The first-order valence-electron chi connectivity index (χ1n) is 11.1. The molecule has 1 aliphatic heterocycles.